The lowest BCUT2D eigenvalue weighted by Crippen LogP contribution is -2.28. The Labute approximate surface area is 324 Å². The van der Waals surface area contributed by atoms with E-state index in [1.54, 1.807) is 11.8 Å². The molecule has 0 radical (unpaired) electrons. The molecule has 0 spiro atoms. The third-order valence-electron chi connectivity index (χ3n) is 10.6. The molecule has 2 aromatic carbocycles. The van der Waals surface area contributed by atoms with E-state index in [1.165, 1.54) is 11.1 Å². The van der Waals surface area contributed by atoms with Crippen molar-refractivity contribution < 1.29 is 40.4 Å². The molecule has 0 atom stereocenters. The lowest BCUT2D eigenvalue weighted by molar-refractivity contribution is -0.438. The Morgan fingerprint density at radius 1 is 0.852 bits per heavy atom. The van der Waals surface area contributed by atoms with Gasteiger partial charge in [-0.05, 0) is 81.2 Å². The van der Waals surface area contributed by atoms with Gasteiger partial charge in [-0.2, -0.15) is 4.58 Å². The zero-order valence-corrected chi connectivity index (χ0v) is 34.0. The SMILES string of the molecule is CC1(C)C(/C=C/C2=C(SCCC(=O)O)C(=C/C=C3/N(CCCCS(=O)(=O)[O-])c4ccccc4C3(C)C)/CCC2)=[N+](CCCCS(=O)(=O)[O-])c2ccccc21. The molecule has 3 aliphatic rings. The number of hydrogen-bond donors (Lipinski definition) is 1. The number of para-hydroxylation sites is 2. The third-order valence-corrected chi connectivity index (χ3v) is 13.4. The van der Waals surface area contributed by atoms with Gasteiger partial charge in [0.2, 0.25) is 5.69 Å². The molecular weight excluding hydrogens is 745 g/mol. The first-order valence-electron chi connectivity index (χ1n) is 18.6. The summed E-state index contributed by atoms with van der Waals surface area (Å²) in [6.07, 6.45) is 12.9. The number of carboxylic acid groups (broad SMARTS) is 1. The number of allylic oxidation sites excluding steroid dienone is 7. The van der Waals surface area contributed by atoms with Crippen LogP contribution in [0.2, 0.25) is 0 Å². The van der Waals surface area contributed by atoms with E-state index in [0.717, 1.165) is 58.1 Å². The molecule has 2 heterocycles. The summed E-state index contributed by atoms with van der Waals surface area (Å²) in [5.41, 5.74) is 8.18. The van der Waals surface area contributed by atoms with Crippen LogP contribution in [0.25, 0.3) is 0 Å². The fourth-order valence-electron chi connectivity index (χ4n) is 7.87. The summed E-state index contributed by atoms with van der Waals surface area (Å²) in [7, 11) is -8.57. The molecule has 0 fully saturated rings. The zero-order chi connectivity index (χ0) is 39.3. The smallest absolute Gasteiger partial charge is 0.304 e. The number of anilines is 1. The lowest BCUT2D eigenvalue weighted by Gasteiger charge is -2.27. The van der Waals surface area contributed by atoms with Crippen LogP contribution in [-0.4, -0.2) is 77.7 Å². The average Bonchev–Trinajstić information content (AvgIpc) is 3.44. The molecule has 0 unspecified atom stereocenters. The monoisotopic (exact) mass is 795 g/mol. The minimum Gasteiger partial charge on any atom is -0.748 e. The number of rotatable bonds is 17. The van der Waals surface area contributed by atoms with Crippen LogP contribution < -0.4 is 4.90 Å². The number of hydrogen-bond acceptors (Lipinski definition) is 9. The molecule has 54 heavy (non-hydrogen) atoms. The van der Waals surface area contributed by atoms with Gasteiger partial charge >= 0.3 is 5.97 Å². The summed E-state index contributed by atoms with van der Waals surface area (Å²) in [5.74, 6) is -1.21. The highest BCUT2D eigenvalue weighted by Gasteiger charge is 2.44. The maximum atomic E-state index is 11.6. The van der Waals surface area contributed by atoms with E-state index in [0.29, 0.717) is 31.7 Å². The molecule has 292 valence electrons. The summed E-state index contributed by atoms with van der Waals surface area (Å²) in [4.78, 5) is 14.9. The van der Waals surface area contributed by atoms with Crippen molar-refractivity contribution in [3.05, 3.63) is 106 Å². The standard InChI is InChI=1S/C41H52N2O8S3/c1-40(2)32-16-5-7-18-34(32)42(25-9-11-28-53(46,47)48)36(40)22-20-30-14-13-15-31(39(30)52-27-24-38(44)45)21-23-37-41(3,4)33-17-6-8-19-35(33)43(37)26-10-12-29-54(49,50)51/h5-8,16-23H,9-15,24-29H2,1-4H3,(H2-,44,45,46,47,48,49,50,51)/p-1. The van der Waals surface area contributed by atoms with Gasteiger partial charge in [0.25, 0.3) is 0 Å². The number of benzene rings is 2. The van der Waals surface area contributed by atoms with Gasteiger partial charge in [-0.1, -0.05) is 62.4 Å². The number of aliphatic carboxylic acids is 1. The fourth-order valence-corrected chi connectivity index (χ4v) is 10.2. The van der Waals surface area contributed by atoms with E-state index in [1.807, 2.05) is 24.3 Å². The van der Waals surface area contributed by atoms with Gasteiger partial charge in [0.15, 0.2) is 5.71 Å². The molecule has 0 aromatic heterocycles. The van der Waals surface area contributed by atoms with Crippen molar-refractivity contribution in [3.63, 3.8) is 0 Å². The average molecular weight is 796 g/mol. The predicted octanol–water partition coefficient (Wildman–Crippen LogP) is 7.52. The number of nitrogens with zero attached hydrogens (tertiary/aromatic N) is 2. The van der Waals surface area contributed by atoms with Crippen molar-refractivity contribution in [1.82, 2.24) is 0 Å². The summed E-state index contributed by atoms with van der Waals surface area (Å²) in [6, 6.07) is 16.4. The van der Waals surface area contributed by atoms with E-state index in [9.17, 15) is 35.8 Å². The Bertz CT molecular complexity index is 2130. The summed E-state index contributed by atoms with van der Waals surface area (Å²) in [6.45, 7) is 9.83. The van der Waals surface area contributed by atoms with E-state index in [2.05, 4.69) is 85.7 Å². The van der Waals surface area contributed by atoms with Gasteiger partial charge in [0.05, 0.1) is 32.1 Å². The van der Waals surface area contributed by atoms with Gasteiger partial charge in [-0.3, -0.25) is 4.79 Å². The van der Waals surface area contributed by atoms with Crippen LogP contribution in [0.3, 0.4) is 0 Å². The number of carboxylic acids is 1. The Kier molecular flexibility index (Phi) is 13.2. The topological polar surface area (TPSA) is 158 Å². The Balaban J connectivity index is 1.52. The summed E-state index contributed by atoms with van der Waals surface area (Å²) < 4.78 is 69.9. The van der Waals surface area contributed by atoms with E-state index in [4.69, 9.17) is 0 Å². The normalized spacial score (nSPS) is 19.7. The second kappa shape index (κ2) is 17.1. The number of carbonyl (C=O) groups is 1. The molecule has 10 nitrogen and oxygen atoms in total. The molecule has 2 aromatic rings. The Hall–Kier alpha value is -3.49. The number of unbranched alkanes of at least 4 members (excludes halogenated alkanes) is 2. The van der Waals surface area contributed by atoms with Gasteiger partial charge in [-0.15, -0.1) is 11.8 Å². The minimum atomic E-state index is -4.29. The molecular formula is C41H51N2O8S3-. The van der Waals surface area contributed by atoms with Crippen LogP contribution in [0, 0.1) is 0 Å². The van der Waals surface area contributed by atoms with Crippen LogP contribution in [-0.2, 0) is 35.9 Å². The second-order valence-corrected chi connectivity index (χ2v) is 19.3. The molecule has 0 saturated heterocycles. The van der Waals surface area contributed by atoms with Crippen molar-refractivity contribution in [2.75, 3.05) is 35.2 Å². The molecule has 1 N–H and O–H groups in total. The van der Waals surface area contributed by atoms with E-state index < -0.39 is 26.2 Å². The van der Waals surface area contributed by atoms with Gasteiger partial charge in [-0.25, -0.2) is 16.8 Å². The fraction of sp³-hybridized carbons (Fsp3) is 0.463. The van der Waals surface area contributed by atoms with E-state index >= 15 is 0 Å². The van der Waals surface area contributed by atoms with E-state index in [-0.39, 0.29) is 41.6 Å². The van der Waals surface area contributed by atoms with Crippen LogP contribution >= 0.6 is 11.8 Å². The van der Waals surface area contributed by atoms with Crippen LogP contribution in [0.15, 0.2) is 94.6 Å². The van der Waals surface area contributed by atoms with Gasteiger partial charge in [0.1, 0.15) is 6.54 Å². The Morgan fingerprint density at radius 3 is 2.19 bits per heavy atom. The zero-order valence-electron chi connectivity index (χ0n) is 31.5. The van der Waals surface area contributed by atoms with Crippen molar-refractivity contribution in [2.45, 2.75) is 89.9 Å². The molecule has 13 heteroatoms. The van der Waals surface area contributed by atoms with Gasteiger partial charge < -0.3 is 19.1 Å². The largest absolute Gasteiger partial charge is 0.748 e. The van der Waals surface area contributed by atoms with Crippen LogP contribution in [0.4, 0.5) is 11.4 Å². The lowest BCUT2D eigenvalue weighted by atomic mass is 9.81. The highest BCUT2D eigenvalue weighted by atomic mass is 32.2. The minimum absolute atomic E-state index is 0.0291. The number of thioether (sulfide) groups is 1. The first kappa shape index (κ1) is 41.7. The Morgan fingerprint density at radius 2 is 1.50 bits per heavy atom. The summed E-state index contributed by atoms with van der Waals surface area (Å²) >= 11 is 1.56. The molecule has 0 bridgehead atoms. The highest BCUT2D eigenvalue weighted by molar-refractivity contribution is 8.03. The van der Waals surface area contributed by atoms with Gasteiger partial charge in [0, 0.05) is 69.6 Å². The van der Waals surface area contributed by atoms with Crippen molar-refractivity contribution in [2.24, 2.45) is 0 Å². The maximum absolute atomic E-state index is 11.6. The van der Waals surface area contributed by atoms with Crippen LogP contribution in [0.1, 0.15) is 90.2 Å². The van der Waals surface area contributed by atoms with Crippen molar-refractivity contribution in [3.8, 4) is 0 Å². The van der Waals surface area contributed by atoms with Crippen LogP contribution in [0.5, 0.6) is 0 Å². The molecule has 0 saturated carbocycles. The number of fused-ring (bicyclic) bond motifs is 2. The third kappa shape index (κ3) is 10.0. The van der Waals surface area contributed by atoms with Crippen molar-refractivity contribution in [1.29, 1.82) is 0 Å². The first-order valence-corrected chi connectivity index (χ1v) is 22.7. The molecule has 2 aliphatic heterocycles. The molecule has 5 rings (SSSR count). The molecule has 0 amide bonds. The summed E-state index contributed by atoms with van der Waals surface area (Å²) in [5, 5.41) is 9.50. The highest BCUT2D eigenvalue weighted by Crippen LogP contribution is 2.48. The first-order chi connectivity index (χ1) is 25.4. The molecule has 1 aliphatic carbocycles. The quantitative estimate of drug-likeness (QED) is 0.0965. The predicted molar refractivity (Wildman–Crippen MR) is 215 cm³/mol. The maximum Gasteiger partial charge on any atom is 0.304 e. The second-order valence-electron chi connectivity index (χ2n) is 15.2. The van der Waals surface area contributed by atoms with Crippen molar-refractivity contribution >= 4 is 55.1 Å².